The van der Waals surface area contributed by atoms with E-state index >= 15 is 0 Å². The summed E-state index contributed by atoms with van der Waals surface area (Å²) in [5.74, 6) is 0.732. The Morgan fingerprint density at radius 1 is 1.56 bits per heavy atom. The third-order valence-electron chi connectivity index (χ3n) is 2.73. The Morgan fingerprint density at radius 3 is 2.62 bits per heavy atom. The van der Waals surface area contributed by atoms with Crippen molar-refractivity contribution in [3.63, 3.8) is 0 Å². The highest BCUT2D eigenvalue weighted by atomic mass is 32.2. The second-order valence-electron chi connectivity index (χ2n) is 4.47. The van der Waals surface area contributed by atoms with E-state index < -0.39 is 10.8 Å². The number of nitrogens with two attached hydrogens (primary N) is 1. The van der Waals surface area contributed by atoms with Crippen molar-refractivity contribution >= 4 is 16.7 Å². The number of nitrogens with zero attached hydrogens (tertiary/aromatic N) is 1. The number of hydrogen-bond acceptors (Lipinski definition) is 3. The van der Waals surface area contributed by atoms with Crippen molar-refractivity contribution in [3.05, 3.63) is 0 Å². The van der Waals surface area contributed by atoms with Gasteiger partial charge >= 0.3 is 0 Å². The second kappa shape index (κ2) is 6.35. The van der Waals surface area contributed by atoms with Crippen LogP contribution in [0.5, 0.6) is 0 Å². The standard InChI is InChI=1S/C11H22N2O2S/c1-3-13(10-4-5-10)11(14)8-16(15)7-6-9(2)12/h9-10H,3-8,12H2,1-2H3. The molecule has 0 aromatic rings. The first-order chi connectivity index (χ1) is 7.54. The van der Waals surface area contributed by atoms with E-state index in [9.17, 15) is 9.00 Å². The van der Waals surface area contributed by atoms with Crippen molar-refractivity contribution in [2.24, 2.45) is 5.73 Å². The van der Waals surface area contributed by atoms with Crippen molar-refractivity contribution in [2.45, 2.75) is 45.2 Å². The smallest absolute Gasteiger partial charge is 0.235 e. The molecule has 2 atom stereocenters. The number of carbonyl (C=O) groups excluding carboxylic acids is 1. The Kier molecular flexibility index (Phi) is 5.41. The first-order valence-corrected chi connectivity index (χ1v) is 7.43. The summed E-state index contributed by atoms with van der Waals surface area (Å²) >= 11 is 0. The molecule has 2 N–H and O–H groups in total. The van der Waals surface area contributed by atoms with E-state index in [4.69, 9.17) is 5.73 Å². The van der Waals surface area contributed by atoms with E-state index in [1.165, 1.54) is 0 Å². The maximum Gasteiger partial charge on any atom is 0.235 e. The Hall–Kier alpha value is -0.420. The minimum atomic E-state index is -1.05. The predicted molar refractivity (Wildman–Crippen MR) is 66.6 cm³/mol. The van der Waals surface area contributed by atoms with Gasteiger partial charge in [0, 0.05) is 35.2 Å². The Morgan fingerprint density at radius 2 is 2.19 bits per heavy atom. The minimum Gasteiger partial charge on any atom is -0.339 e. The molecule has 1 amide bonds. The lowest BCUT2D eigenvalue weighted by molar-refractivity contribution is -0.128. The molecule has 1 rings (SSSR count). The monoisotopic (exact) mass is 246 g/mol. The first kappa shape index (κ1) is 13.6. The van der Waals surface area contributed by atoms with Crippen molar-refractivity contribution < 1.29 is 9.00 Å². The summed E-state index contributed by atoms with van der Waals surface area (Å²) in [6.45, 7) is 4.59. The molecule has 4 nitrogen and oxygen atoms in total. The van der Waals surface area contributed by atoms with Gasteiger partial charge in [0.2, 0.25) is 5.91 Å². The molecule has 0 heterocycles. The highest BCUT2D eigenvalue weighted by Gasteiger charge is 2.31. The number of carbonyl (C=O) groups is 1. The molecule has 0 aromatic heterocycles. The molecule has 1 aliphatic rings. The van der Waals surface area contributed by atoms with Crippen LogP contribution in [-0.2, 0) is 15.6 Å². The maximum absolute atomic E-state index is 11.8. The lowest BCUT2D eigenvalue weighted by atomic mass is 10.3. The van der Waals surface area contributed by atoms with Gasteiger partial charge in [0.05, 0.1) is 0 Å². The van der Waals surface area contributed by atoms with Gasteiger partial charge in [-0.15, -0.1) is 0 Å². The van der Waals surface area contributed by atoms with Crippen LogP contribution in [0.15, 0.2) is 0 Å². The fourth-order valence-electron chi connectivity index (χ4n) is 1.63. The molecular formula is C11H22N2O2S. The molecule has 94 valence electrons. The normalized spacial score (nSPS) is 19.2. The van der Waals surface area contributed by atoms with Crippen molar-refractivity contribution in [3.8, 4) is 0 Å². The summed E-state index contributed by atoms with van der Waals surface area (Å²) in [5, 5.41) is 0. The molecule has 0 spiro atoms. The number of amides is 1. The Labute approximate surface area is 100 Å². The molecule has 0 radical (unpaired) electrons. The molecule has 1 aliphatic carbocycles. The molecule has 0 aromatic carbocycles. The summed E-state index contributed by atoms with van der Waals surface area (Å²) in [7, 11) is -1.05. The highest BCUT2D eigenvalue weighted by Crippen LogP contribution is 2.26. The van der Waals surface area contributed by atoms with Gasteiger partial charge in [-0.2, -0.15) is 0 Å². The van der Waals surface area contributed by atoms with Gasteiger partial charge in [0.15, 0.2) is 0 Å². The van der Waals surface area contributed by atoms with E-state index in [2.05, 4.69) is 0 Å². The van der Waals surface area contributed by atoms with Crippen LogP contribution >= 0.6 is 0 Å². The Bertz CT molecular complexity index is 265. The summed E-state index contributed by atoms with van der Waals surface area (Å²) in [4.78, 5) is 13.7. The van der Waals surface area contributed by atoms with Gasteiger partial charge in [-0.25, -0.2) is 0 Å². The molecule has 5 heteroatoms. The molecule has 0 aliphatic heterocycles. The summed E-state index contributed by atoms with van der Waals surface area (Å²) in [6, 6.07) is 0.479. The summed E-state index contributed by atoms with van der Waals surface area (Å²) in [6.07, 6.45) is 2.92. The Balaban J connectivity index is 2.29. The molecule has 16 heavy (non-hydrogen) atoms. The average molecular weight is 246 g/mol. The van der Waals surface area contributed by atoms with Crippen molar-refractivity contribution in [1.82, 2.24) is 4.90 Å². The van der Waals surface area contributed by atoms with Crippen LogP contribution in [0, 0.1) is 0 Å². The zero-order chi connectivity index (χ0) is 12.1. The number of rotatable bonds is 7. The van der Waals surface area contributed by atoms with Crippen LogP contribution in [-0.4, -0.2) is 45.2 Å². The molecule has 1 fully saturated rings. The quantitative estimate of drug-likeness (QED) is 0.711. The van der Waals surface area contributed by atoms with Gasteiger partial charge in [0.25, 0.3) is 0 Å². The van der Waals surface area contributed by atoms with Crippen LogP contribution in [0.4, 0.5) is 0 Å². The molecule has 2 unspecified atom stereocenters. The predicted octanol–water partition coefficient (Wildman–Crippen LogP) is 0.483. The van der Waals surface area contributed by atoms with Crippen molar-refractivity contribution in [2.75, 3.05) is 18.1 Å². The molecular weight excluding hydrogens is 224 g/mol. The van der Waals surface area contributed by atoms with Crippen LogP contribution in [0.1, 0.15) is 33.1 Å². The molecule has 0 bridgehead atoms. The third-order valence-corrected chi connectivity index (χ3v) is 3.99. The average Bonchev–Trinajstić information content (AvgIpc) is 3.00. The van der Waals surface area contributed by atoms with E-state index in [-0.39, 0.29) is 17.7 Å². The van der Waals surface area contributed by atoms with E-state index in [1.807, 2.05) is 18.7 Å². The zero-order valence-electron chi connectivity index (χ0n) is 10.1. The van der Waals surface area contributed by atoms with Gasteiger partial charge < -0.3 is 10.6 Å². The largest absolute Gasteiger partial charge is 0.339 e. The number of hydrogen-bond donors (Lipinski definition) is 1. The van der Waals surface area contributed by atoms with E-state index in [1.54, 1.807) is 0 Å². The fraction of sp³-hybridized carbons (Fsp3) is 0.909. The third kappa shape index (κ3) is 4.61. The fourth-order valence-corrected chi connectivity index (χ4v) is 2.85. The van der Waals surface area contributed by atoms with Crippen LogP contribution in [0.25, 0.3) is 0 Å². The summed E-state index contributed by atoms with van der Waals surface area (Å²) < 4.78 is 11.6. The van der Waals surface area contributed by atoms with Gasteiger partial charge in [-0.3, -0.25) is 9.00 Å². The SMILES string of the molecule is CCN(C(=O)CS(=O)CCC(C)N)C1CC1. The van der Waals surface area contributed by atoms with Crippen LogP contribution in [0.2, 0.25) is 0 Å². The van der Waals surface area contributed by atoms with Crippen LogP contribution < -0.4 is 5.73 Å². The zero-order valence-corrected chi connectivity index (χ0v) is 11.0. The summed E-state index contributed by atoms with van der Waals surface area (Å²) in [5.41, 5.74) is 5.59. The van der Waals surface area contributed by atoms with E-state index in [0.29, 0.717) is 11.8 Å². The topological polar surface area (TPSA) is 63.4 Å². The highest BCUT2D eigenvalue weighted by molar-refractivity contribution is 7.85. The lowest BCUT2D eigenvalue weighted by Crippen LogP contribution is -2.36. The molecule has 0 saturated heterocycles. The minimum absolute atomic E-state index is 0.0352. The first-order valence-electron chi connectivity index (χ1n) is 5.94. The van der Waals surface area contributed by atoms with E-state index in [0.717, 1.165) is 25.8 Å². The lowest BCUT2D eigenvalue weighted by Gasteiger charge is -2.20. The van der Waals surface area contributed by atoms with Gasteiger partial charge in [-0.1, -0.05) is 0 Å². The molecule has 1 saturated carbocycles. The maximum atomic E-state index is 11.8. The van der Waals surface area contributed by atoms with Crippen molar-refractivity contribution in [1.29, 1.82) is 0 Å². The van der Waals surface area contributed by atoms with Gasteiger partial charge in [-0.05, 0) is 33.1 Å². The van der Waals surface area contributed by atoms with Gasteiger partial charge in [0.1, 0.15) is 5.75 Å². The second-order valence-corrected chi connectivity index (χ2v) is 6.04. The van der Waals surface area contributed by atoms with Crippen LogP contribution in [0.3, 0.4) is 0 Å².